The van der Waals surface area contributed by atoms with Gasteiger partial charge in [0.15, 0.2) is 5.16 Å². The lowest BCUT2D eigenvalue weighted by Crippen LogP contribution is -2.54. The first kappa shape index (κ1) is 28.1. The quantitative estimate of drug-likeness (QED) is 0.219. The van der Waals surface area contributed by atoms with Crippen LogP contribution in [0, 0.1) is 11.7 Å². The molecule has 2 unspecified atom stereocenters. The van der Waals surface area contributed by atoms with Gasteiger partial charge in [0.25, 0.3) is 5.91 Å². The normalized spacial score (nSPS) is 19.8. The first-order valence-electron chi connectivity index (χ1n) is 12.7. The standard InChI is InChI=1S/C26H31ClFN5O4S/c1-3-37-25(36)18-7-6-10-32(15-18)23(34)16-38-26-29-21(27)13-22(30-26)31-11-12-33(17(2)14-31)24(35)19-8-4-5-9-20(19)28/h4-5,8-9,13,17-18H,3,6-7,10-12,14-16H2,1-2H3. The minimum absolute atomic E-state index is 0.0588. The molecule has 9 nitrogen and oxygen atoms in total. The van der Waals surface area contributed by atoms with Gasteiger partial charge in [0.1, 0.15) is 16.8 Å². The molecule has 0 spiro atoms. The van der Waals surface area contributed by atoms with Crippen molar-refractivity contribution in [2.75, 3.05) is 50.0 Å². The Labute approximate surface area is 230 Å². The van der Waals surface area contributed by atoms with Crippen molar-refractivity contribution in [3.63, 3.8) is 0 Å². The van der Waals surface area contributed by atoms with Crippen LogP contribution in [0.1, 0.15) is 37.0 Å². The summed E-state index contributed by atoms with van der Waals surface area (Å²) >= 11 is 7.48. The number of piperidine rings is 1. The van der Waals surface area contributed by atoms with Gasteiger partial charge < -0.3 is 19.4 Å². The highest BCUT2D eigenvalue weighted by molar-refractivity contribution is 7.99. The minimum Gasteiger partial charge on any atom is -0.466 e. The van der Waals surface area contributed by atoms with E-state index >= 15 is 0 Å². The van der Waals surface area contributed by atoms with E-state index in [1.54, 1.807) is 34.9 Å². The molecule has 0 N–H and O–H groups in total. The molecule has 2 aliphatic heterocycles. The molecule has 12 heteroatoms. The molecule has 2 aromatic rings. The van der Waals surface area contributed by atoms with Crippen molar-refractivity contribution in [2.45, 2.75) is 37.9 Å². The summed E-state index contributed by atoms with van der Waals surface area (Å²) in [6.45, 7) is 6.33. The van der Waals surface area contributed by atoms with Gasteiger partial charge >= 0.3 is 5.97 Å². The van der Waals surface area contributed by atoms with Crippen LogP contribution in [0.4, 0.5) is 10.2 Å². The molecule has 2 aliphatic rings. The number of aromatic nitrogens is 2. The van der Waals surface area contributed by atoms with Crippen molar-refractivity contribution in [3.05, 3.63) is 46.9 Å². The Morgan fingerprint density at radius 2 is 1.95 bits per heavy atom. The maximum absolute atomic E-state index is 14.1. The molecule has 204 valence electrons. The number of carbonyl (C=O) groups is 3. The van der Waals surface area contributed by atoms with Crippen LogP contribution < -0.4 is 4.90 Å². The number of likely N-dealkylation sites (tertiary alicyclic amines) is 1. The van der Waals surface area contributed by atoms with Gasteiger partial charge in [0.2, 0.25) is 5.91 Å². The molecule has 0 radical (unpaired) electrons. The molecule has 1 aromatic carbocycles. The predicted molar refractivity (Wildman–Crippen MR) is 143 cm³/mol. The van der Waals surface area contributed by atoms with Crippen LogP contribution in [-0.2, 0) is 14.3 Å². The van der Waals surface area contributed by atoms with E-state index in [0.29, 0.717) is 56.7 Å². The average molecular weight is 564 g/mol. The topological polar surface area (TPSA) is 95.9 Å². The molecule has 2 saturated heterocycles. The van der Waals surface area contributed by atoms with Crippen LogP contribution in [0.2, 0.25) is 5.15 Å². The SMILES string of the molecule is CCOC(=O)C1CCCN(C(=O)CSc2nc(Cl)cc(N3CCN(C(=O)c4ccccc4F)C(C)C3)n2)C1. The molecule has 0 bridgehead atoms. The summed E-state index contributed by atoms with van der Waals surface area (Å²) in [5.74, 6) is -0.798. The Balaban J connectivity index is 1.36. The fraction of sp³-hybridized carbons (Fsp3) is 0.500. The number of amides is 2. The molecule has 2 amide bonds. The second-order valence-corrected chi connectivity index (χ2v) is 10.7. The molecule has 2 atom stereocenters. The molecular formula is C26H31ClFN5O4S. The van der Waals surface area contributed by atoms with Gasteiger partial charge in [-0.3, -0.25) is 14.4 Å². The van der Waals surface area contributed by atoms with Crippen LogP contribution in [0.5, 0.6) is 0 Å². The number of piperazine rings is 1. The number of rotatable bonds is 7. The maximum atomic E-state index is 14.1. The lowest BCUT2D eigenvalue weighted by Gasteiger charge is -2.40. The van der Waals surface area contributed by atoms with E-state index in [0.717, 1.165) is 6.42 Å². The molecule has 4 rings (SSSR count). The fourth-order valence-corrected chi connectivity index (χ4v) is 5.73. The number of halogens is 2. The van der Waals surface area contributed by atoms with Gasteiger partial charge in [-0.05, 0) is 38.8 Å². The number of nitrogens with zero attached hydrogens (tertiary/aromatic N) is 5. The van der Waals surface area contributed by atoms with Crippen molar-refractivity contribution in [3.8, 4) is 0 Å². The van der Waals surface area contributed by atoms with Crippen molar-refractivity contribution < 1.29 is 23.5 Å². The van der Waals surface area contributed by atoms with Crippen LogP contribution in [0.3, 0.4) is 0 Å². The van der Waals surface area contributed by atoms with Crippen LogP contribution >= 0.6 is 23.4 Å². The summed E-state index contributed by atoms with van der Waals surface area (Å²) in [5, 5.41) is 0.625. The number of esters is 1. The molecule has 2 fully saturated rings. The zero-order chi connectivity index (χ0) is 27.2. The molecule has 3 heterocycles. The first-order valence-corrected chi connectivity index (χ1v) is 14.1. The third-order valence-electron chi connectivity index (χ3n) is 6.70. The zero-order valence-electron chi connectivity index (χ0n) is 21.4. The third kappa shape index (κ3) is 6.74. The highest BCUT2D eigenvalue weighted by Gasteiger charge is 2.31. The number of carbonyl (C=O) groups excluding carboxylic acids is 3. The Morgan fingerprint density at radius 3 is 2.68 bits per heavy atom. The summed E-state index contributed by atoms with van der Waals surface area (Å²) in [5.41, 5.74) is 0.0588. The molecular weight excluding hydrogens is 533 g/mol. The summed E-state index contributed by atoms with van der Waals surface area (Å²) in [6, 6.07) is 7.45. The van der Waals surface area contributed by atoms with Crippen molar-refractivity contribution in [1.82, 2.24) is 19.8 Å². The van der Waals surface area contributed by atoms with Crippen molar-refractivity contribution in [2.24, 2.45) is 5.92 Å². The highest BCUT2D eigenvalue weighted by atomic mass is 35.5. The molecule has 1 aromatic heterocycles. The summed E-state index contributed by atoms with van der Waals surface area (Å²) < 4.78 is 19.3. The highest BCUT2D eigenvalue weighted by Crippen LogP contribution is 2.26. The van der Waals surface area contributed by atoms with E-state index in [-0.39, 0.29) is 46.2 Å². The van der Waals surface area contributed by atoms with Crippen LogP contribution in [0.15, 0.2) is 35.5 Å². The minimum atomic E-state index is -0.535. The van der Waals surface area contributed by atoms with E-state index in [4.69, 9.17) is 16.3 Å². The van der Waals surface area contributed by atoms with Gasteiger partial charge in [-0.25, -0.2) is 14.4 Å². The monoisotopic (exact) mass is 563 g/mol. The number of anilines is 1. The Hall–Kier alpha value is -2.92. The number of hydrogen-bond acceptors (Lipinski definition) is 8. The van der Waals surface area contributed by atoms with E-state index in [1.807, 2.05) is 11.8 Å². The van der Waals surface area contributed by atoms with Crippen molar-refractivity contribution in [1.29, 1.82) is 0 Å². The number of hydrogen-bond donors (Lipinski definition) is 0. The average Bonchev–Trinajstić information content (AvgIpc) is 2.91. The fourth-order valence-electron chi connectivity index (χ4n) is 4.74. The number of ether oxygens (including phenoxy) is 1. The summed E-state index contributed by atoms with van der Waals surface area (Å²) in [6.07, 6.45) is 1.47. The van der Waals surface area contributed by atoms with Crippen LogP contribution in [-0.4, -0.2) is 88.7 Å². The van der Waals surface area contributed by atoms with Crippen molar-refractivity contribution >= 4 is 47.0 Å². The summed E-state index contributed by atoms with van der Waals surface area (Å²) in [4.78, 5) is 52.1. The second-order valence-electron chi connectivity index (χ2n) is 9.32. The maximum Gasteiger partial charge on any atom is 0.310 e. The predicted octanol–water partition coefficient (Wildman–Crippen LogP) is 3.51. The number of benzene rings is 1. The third-order valence-corrected chi connectivity index (χ3v) is 7.72. The van der Waals surface area contributed by atoms with Gasteiger partial charge in [-0.2, -0.15) is 0 Å². The Bertz CT molecular complexity index is 1190. The Morgan fingerprint density at radius 1 is 1.16 bits per heavy atom. The lowest BCUT2D eigenvalue weighted by atomic mass is 9.98. The van der Waals surface area contributed by atoms with E-state index in [1.165, 1.54) is 23.9 Å². The lowest BCUT2D eigenvalue weighted by molar-refractivity contribution is -0.151. The van der Waals surface area contributed by atoms with Gasteiger partial charge in [-0.1, -0.05) is 35.5 Å². The number of thioether (sulfide) groups is 1. The zero-order valence-corrected chi connectivity index (χ0v) is 23.0. The second kappa shape index (κ2) is 12.8. The van der Waals surface area contributed by atoms with Gasteiger partial charge in [-0.15, -0.1) is 0 Å². The van der Waals surface area contributed by atoms with Gasteiger partial charge in [0, 0.05) is 44.8 Å². The first-order chi connectivity index (χ1) is 18.3. The molecule has 38 heavy (non-hydrogen) atoms. The molecule has 0 saturated carbocycles. The molecule has 0 aliphatic carbocycles. The summed E-state index contributed by atoms with van der Waals surface area (Å²) in [7, 11) is 0. The van der Waals surface area contributed by atoms with Crippen LogP contribution in [0.25, 0.3) is 0 Å². The largest absolute Gasteiger partial charge is 0.466 e. The van der Waals surface area contributed by atoms with E-state index in [2.05, 4.69) is 9.97 Å². The Kier molecular flexibility index (Phi) is 9.43. The van der Waals surface area contributed by atoms with E-state index in [9.17, 15) is 18.8 Å². The van der Waals surface area contributed by atoms with Gasteiger partial charge in [0.05, 0.1) is 23.8 Å². The van der Waals surface area contributed by atoms with E-state index < -0.39 is 5.82 Å². The smallest absolute Gasteiger partial charge is 0.310 e.